The molecule has 1 rings (SSSR count). The predicted molar refractivity (Wildman–Crippen MR) is 93.2 cm³/mol. The Morgan fingerprint density at radius 3 is 2.42 bits per heavy atom. The second kappa shape index (κ2) is 11.3. The van der Waals surface area contributed by atoms with Gasteiger partial charge in [-0.1, -0.05) is 30.3 Å². The summed E-state index contributed by atoms with van der Waals surface area (Å²) in [5, 5.41) is 7.26. The topological polar surface area (TPSA) is 106 Å². The molecule has 1 aromatic carbocycles. The number of hydrogen-bond acceptors (Lipinski definition) is 5. The third-order valence-electron chi connectivity index (χ3n) is 3.21. The normalized spacial score (nSPS) is 10.9. The van der Waals surface area contributed by atoms with E-state index in [1.807, 2.05) is 30.3 Å². The van der Waals surface area contributed by atoms with Gasteiger partial charge in [0.25, 0.3) is 0 Å². The van der Waals surface area contributed by atoms with Gasteiger partial charge in [-0.15, -0.1) is 12.4 Å². The molecule has 0 fully saturated rings. The number of carbonyl (C=O) groups is 2. The van der Waals surface area contributed by atoms with E-state index in [1.54, 1.807) is 6.92 Å². The molecule has 0 aliphatic carbocycles. The smallest absolute Gasteiger partial charge is 0.410 e. The molecule has 0 saturated heterocycles. The Kier molecular flexibility index (Phi) is 10.2. The SMILES string of the molecule is CCOC(=O)[C@H](CCC(=N)N)N(C)C(=O)OCc1ccccc1.Cl. The summed E-state index contributed by atoms with van der Waals surface area (Å²) in [5.41, 5.74) is 6.17. The van der Waals surface area contributed by atoms with Crippen molar-refractivity contribution in [3.05, 3.63) is 35.9 Å². The van der Waals surface area contributed by atoms with E-state index in [1.165, 1.54) is 11.9 Å². The molecule has 7 nitrogen and oxygen atoms in total. The van der Waals surface area contributed by atoms with E-state index >= 15 is 0 Å². The molecule has 0 heterocycles. The lowest BCUT2D eigenvalue weighted by Crippen LogP contribution is -2.44. The maximum absolute atomic E-state index is 12.1. The first-order chi connectivity index (χ1) is 11.0. The average Bonchev–Trinajstić information content (AvgIpc) is 2.53. The molecule has 0 aliphatic heterocycles. The summed E-state index contributed by atoms with van der Waals surface area (Å²) in [6.45, 7) is 2.02. The van der Waals surface area contributed by atoms with Gasteiger partial charge in [0.15, 0.2) is 0 Å². The molecule has 134 valence electrons. The number of ether oxygens (including phenoxy) is 2. The predicted octanol–water partition coefficient (Wildman–Crippen LogP) is 2.32. The van der Waals surface area contributed by atoms with Crippen LogP contribution in [0.25, 0.3) is 0 Å². The second-order valence-corrected chi connectivity index (χ2v) is 4.98. The fourth-order valence-electron chi connectivity index (χ4n) is 1.95. The lowest BCUT2D eigenvalue weighted by molar-refractivity contribution is -0.148. The van der Waals surface area contributed by atoms with Crippen molar-refractivity contribution in [3.8, 4) is 0 Å². The van der Waals surface area contributed by atoms with Crippen molar-refractivity contribution in [2.75, 3.05) is 13.7 Å². The van der Waals surface area contributed by atoms with Crippen LogP contribution in [0.1, 0.15) is 25.3 Å². The minimum Gasteiger partial charge on any atom is -0.464 e. The highest BCUT2D eigenvalue weighted by Crippen LogP contribution is 2.11. The summed E-state index contributed by atoms with van der Waals surface area (Å²) in [7, 11) is 1.47. The summed E-state index contributed by atoms with van der Waals surface area (Å²) >= 11 is 0. The van der Waals surface area contributed by atoms with E-state index in [0.29, 0.717) is 0 Å². The molecular formula is C16H24ClN3O4. The van der Waals surface area contributed by atoms with Gasteiger partial charge in [-0.05, 0) is 18.9 Å². The van der Waals surface area contributed by atoms with Gasteiger partial charge in [0, 0.05) is 13.5 Å². The lowest BCUT2D eigenvalue weighted by atomic mass is 10.1. The van der Waals surface area contributed by atoms with Gasteiger partial charge >= 0.3 is 12.1 Å². The number of amides is 1. The molecule has 1 aromatic rings. The number of esters is 1. The molecule has 0 radical (unpaired) electrons. The van der Waals surface area contributed by atoms with Crippen LogP contribution in [-0.4, -0.2) is 42.5 Å². The number of nitrogens with zero attached hydrogens (tertiary/aromatic N) is 1. The Balaban J connectivity index is 0.00000529. The largest absolute Gasteiger partial charge is 0.464 e. The number of nitrogens with two attached hydrogens (primary N) is 1. The maximum atomic E-state index is 12.1. The lowest BCUT2D eigenvalue weighted by Gasteiger charge is -2.25. The molecule has 3 N–H and O–H groups in total. The molecule has 8 heteroatoms. The van der Waals surface area contributed by atoms with Crippen LogP contribution in [0.5, 0.6) is 0 Å². The highest BCUT2D eigenvalue weighted by atomic mass is 35.5. The standard InChI is InChI=1S/C16H23N3O4.ClH/c1-3-22-15(20)13(9-10-14(17)18)19(2)16(21)23-11-12-7-5-4-6-8-12;/h4-8,13H,3,9-11H2,1-2H3,(H3,17,18);1H/t13-;/m0./s1. The average molecular weight is 358 g/mol. The number of likely N-dealkylation sites (N-methyl/N-ethyl adjacent to an activating group) is 1. The molecule has 0 spiro atoms. The zero-order valence-electron chi connectivity index (χ0n) is 13.9. The molecule has 0 unspecified atom stereocenters. The molecule has 1 atom stereocenters. The third-order valence-corrected chi connectivity index (χ3v) is 3.21. The number of benzene rings is 1. The molecule has 0 bridgehead atoms. The van der Waals surface area contributed by atoms with Crippen molar-refractivity contribution in [1.82, 2.24) is 4.90 Å². The summed E-state index contributed by atoms with van der Waals surface area (Å²) in [6.07, 6.45) is -0.222. The fourth-order valence-corrected chi connectivity index (χ4v) is 1.95. The summed E-state index contributed by atoms with van der Waals surface area (Å²) in [5.74, 6) is -0.585. The molecule has 0 saturated carbocycles. The Bertz CT molecular complexity index is 539. The van der Waals surface area contributed by atoms with Crippen LogP contribution in [0.3, 0.4) is 0 Å². The van der Waals surface area contributed by atoms with Crippen LogP contribution < -0.4 is 5.73 Å². The number of rotatable bonds is 8. The number of amidine groups is 1. The van der Waals surface area contributed by atoms with E-state index in [4.69, 9.17) is 20.6 Å². The number of carbonyl (C=O) groups excluding carboxylic acids is 2. The first-order valence-electron chi connectivity index (χ1n) is 7.38. The Morgan fingerprint density at radius 1 is 1.25 bits per heavy atom. The second-order valence-electron chi connectivity index (χ2n) is 4.98. The van der Waals surface area contributed by atoms with E-state index in [-0.39, 0.29) is 44.3 Å². The van der Waals surface area contributed by atoms with Gasteiger partial charge in [0.05, 0.1) is 12.4 Å². The van der Waals surface area contributed by atoms with Gasteiger partial charge in [0.2, 0.25) is 0 Å². The van der Waals surface area contributed by atoms with Crippen LogP contribution in [-0.2, 0) is 20.9 Å². The molecule has 0 aromatic heterocycles. The van der Waals surface area contributed by atoms with Crippen LogP contribution in [0, 0.1) is 5.41 Å². The quantitative estimate of drug-likeness (QED) is 0.422. The molecule has 1 amide bonds. The van der Waals surface area contributed by atoms with Gasteiger partial charge in [-0.3, -0.25) is 10.3 Å². The first kappa shape index (κ1) is 21.7. The minimum atomic E-state index is -0.831. The van der Waals surface area contributed by atoms with Gasteiger partial charge in [-0.25, -0.2) is 9.59 Å². The van der Waals surface area contributed by atoms with Crippen LogP contribution in [0.15, 0.2) is 30.3 Å². The van der Waals surface area contributed by atoms with E-state index in [9.17, 15) is 9.59 Å². The van der Waals surface area contributed by atoms with Gasteiger partial charge in [-0.2, -0.15) is 0 Å². The van der Waals surface area contributed by atoms with E-state index in [2.05, 4.69) is 0 Å². The zero-order chi connectivity index (χ0) is 17.2. The summed E-state index contributed by atoms with van der Waals surface area (Å²) < 4.78 is 10.2. The van der Waals surface area contributed by atoms with E-state index in [0.717, 1.165) is 5.56 Å². The van der Waals surface area contributed by atoms with Crippen molar-refractivity contribution in [2.24, 2.45) is 5.73 Å². The van der Waals surface area contributed by atoms with Crippen LogP contribution >= 0.6 is 12.4 Å². The first-order valence-corrected chi connectivity index (χ1v) is 7.38. The summed E-state index contributed by atoms with van der Waals surface area (Å²) in [6, 6.07) is 8.41. The van der Waals surface area contributed by atoms with E-state index < -0.39 is 18.1 Å². The van der Waals surface area contributed by atoms with Crippen molar-refractivity contribution in [3.63, 3.8) is 0 Å². The van der Waals surface area contributed by atoms with Crippen molar-refractivity contribution >= 4 is 30.3 Å². The highest BCUT2D eigenvalue weighted by Gasteiger charge is 2.29. The van der Waals surface area contributed by atoms with Crippen molar-refractivity contribution < 1.29 is 19.1 Å². The van der Waals surface area contributed by atoms with Crippen LogP contribution in [0.2, 0.25) is 0 Å². The molecule has 24 heavy (non-hydrogen) atoms. The van der Waals surface area contributed by atoms with Gasteiger partial charge in [0.1, 0.15) is 12.6 Å². The Morgan fingerprint density at radius 2 is 1.88 bits per heavy atom. The minimum absolute atomic E-state index is 0. The number of nitrogens with one attached hydrogen (secondary N) is 1. The zero-order valence-corrected chi connectivity index (χ0v) is 14.7. The van der Waals surface area contributed by atoms with Crippen molar-refractivity contribution in [1.29, 1.82) is 5.41 Å². The van der Waals surface area contributed by atoms with Gasteiger partial charge < -0.3 is 15.2 Å². The number of hydrogen-bond donors (Lipinski definition) is 2. The highest BCUT2D eigenvalue weighted by molar-refractivity contribution is 5.85. The monoisotopic (exact) mass is 357 g/mol. The maximum Gasteiger partial charge on any atom is 0.410 e. The van der Waals surface area contributed by atoms with Crippen LogP contribution in [0.4, 0.5) is 4.79 Å². The Labute approximate surface area is 148 Å². The molecular weight excluding hydrogens is 334 g/mol. The summed E-state index contributed by atoms with van der Waals surface area (Å²) in [4.78, 5) is 25.3. The Hall–Kier alpha value is -2.28. The molecule has 0 aliphatic rings. The third kappa shape index (κ3) is 7.32. The van der Waals surface area contributed by atoms with Crippen molar-refractivity contribution in [2.45, 2.75) is 32.4 Å². The number of halogens is 1. The fraction of sp³-hybridized carbons (Fsp3) is 0.438.